The normalized spacial score (nSPS) is 17.0. The van der Waals surface area contributed by atoms with Gasteiger partial charge in [-0.05, 0) is 54.7 Å². The largest absolute Gasteiger partial charge is 0.451 e. The summed E-state index contributed by atoms with van der Waals surface area (Å²) in [4.78, 5) is 12.6. The number of hydrogen-bond acceptors (Lipinski definition) is 3. The predicted octanol–water partition coefficient (Wildman–Crippen LogP) is 4.73. The molecule has 2 aromatic carbocycles. The van der Waals surface area contributed by atoms with Crippen LogP contribution in [0.5, 0.6) is 0 Å². The van der Waals surface area contributed by atoms with E-state index in [-0.39, 0.29) is 11.6 Å². The molecule has 1 N–H and O–H groups in total. The number of hydrogen-bond donors (Lipinski definition) is 1. The molecule has 0 aliphatic carbocycles. The molecule has 0 saturated heterocycles. The average molecular weight is 467 g/mol. The van der Waals surface area contributed by atoms with E-state index in [9.17, 15) is 17.9 Å². The molecule has 0 fully saturated rings. The molecule has 0 bridgehead atoms. The van der Waals surface area contributed by atoms with E-state index >= 15 is 0 Å². The Morgan fingerprint density at radius 1 is 1.11 bits per heavy atom. The zero-order valence-corrected chi connectivity index (χ0v) is 17.9. The van der Waals surface area contributed by atoms with Crippen LogP contribution in [0.3, 0.4) is 0 Å². The smallest absolute Gasteiger partial charge is 0.340 e. The first-order valence-electron chi connectivity index (χ1n) is 8.72. The molecule has 1 unspecified atom stereocenters. The number of rotatable bonds is 6. The third kappa shape index (κ3) is 4.26. The van der Waals surface area contributed by atoms with Gasteiger partial charge in [-0.1, -0.05) is 46.3 Å². The Kier molecular flexibility index (Phi) is 6.17. The molecule has 1 heterocycles. The second-order valence-corrected chi connectivity index (χ2v) is 8.77. The Balaban J connectivity index is 2.19. The van der Waals surface area contributed by atoms with Gasteiger partial charge in [-0.3, -0.25) is 0 Å². The van der Waals surface area contributed by atoms with Gasteiger partial charge in [0.1, 0.15) is 11.4 Å². The van der Waals surface area contributed by atoms with E-state index in [1.165, 1.54) is 12.1 Å². The van der Waals surface area contributed by atoms with Crippen molar-refractivity contribution in [2.75, 3.05) is 5.33 Å². The number of ether oxygens (including phenoxy) is 1. The number of halogens is 2. The summed E-state index contributed by atoms with van der Waals surface area (Å²) in [6, 6.07) is 11.3. The van der Waals surface area contributed by atoms with E-state index in [1.807, 2.05) is 32.0 Å². The third-order valence-electron chi connectivity index (χ3n) is 4.67. The van der Waals surface area contributed by atoms with Crippen LogP contribution in [0.4, 0.5) is 4.39 Å². The molecule has 0 spiro atoms. The molecule has 2 aromatic rings. The maximum Gasteiger partial charge on any atom is 0.340 e. The predicted molar refractivity (Wildman–Crippen MR) is 112 cm³/mol. The molecule has 0 saturated carbocycles. The topological polar surface area (TPSA) is 63.6 Å². The van der Waals surface area contributed by atoms with Crippen molar-refractivity contribution < 1.29 is 22.7 Å². The van der Waals surface area contributed by atoms with Crippen LogP contribution in [-0.4, -0.2) is 25.7 Å². The van der Waals surface area contributed by atoms with Crippen LogP contribution in [0.1, 0.15) is 36.1 Å². The van der Waals surface area contributed by atoms with E-state index < -0.39 is 22.7 Å². The highest BCUT2D eigenvalue weighted by atomic mass is 79.9. The number of cyclic esters (lactones) is 1. The average Bonchev–Trinajstić information content (AvgIpc) is 2.85. The molecule has 1 aliphatic heterocycles. The zero-order valence-electron chi connectivity index (χ0n) is 15.5. The summed E-state index contributed by atoms with van der Waals surface area (Å²) in [5.41, 5.74) is 3.39. The van der Waals surface area contributed by atoms with Crippen molar-refractivity contribution in [3.63, 3.8) is 0 Å². The highest BCUT2D eigenvalue weighted by Crippen LogP contribution is 2.44. The van der Waals surface area contributed by atoms with E-state index in [1.54, 1.807) is 12.1 Å². The number of benzene rings is 2. The molecule has 148 valence electrons. The van der Waals surface area contributed by atoms with Gasteiger partial charge in [0.05, 0.1) is 11.3 Å². The lowest BCUT2D eigenvalue weighted by Crippen LogP contribution is -2.22. The van der Waals surface area contributed by atoms with Crippen LogP contribution in [-0.2, 0) is 32.8 Å². The van der Waals surface area contributed by atoms with Gasteiger partial charge in [0.25, 0.3) is 0 Å². The Hall–Kier alpha value is -1.83. The van der Waals surface area contributed by atoms with E-state index in [0.29, 0.717) is 22.9 Å². The quantitative estimate of drug-likeness (QED) is 0.379. The molecule has 3 rings (SSSR count). The zero-order chi connectivity index (χ0) is 20.5. The minimum Gasteiger partial charge on any atom is -0.451 e. The van der Waals surface area contributed by atoms with Crippen molar-refractivity contribution in [2.24, 2.45) is 0 Å². The second-order valence-electron chi connectivity index (χ2n) is 7.05. The van der Waals surface area contributed by atoms with Crippen LogP contribution in [0, 0.1) is 5.82 Å². The first-order chi connectivity index (χ1) is 13.2. The van der Waals surface area contributed by atoms with Crippen LogP contribution in [0.2, 0.25) is 0 Å². The number of alkyl halides is 1. The molecule has 0 amide bonds. The van der Waals surface area contributed by atoms with Crippen LogP contribution >= 0.6 is 15.9 Å². The fourth-order valence-electron chi connectivity index (χ4n) is 3.50. The molecule has 28 heavy (non-hydrogen) atoms. The first kappa shape index (κ1) is 20.9. The van der Waals surface area contributed by atoms with E-state index in [0.717, 1.165) is 22.3 Å². The van der Waals surface area contributed by atoms with Gasteiger partial charge in [-0.2, -0.15) is 0 Å². The summed E-state index contributed by atoms with van der Waals surface area (Å²) in [5.74, 6) is -0.780. The molecule has 1 aliphatic rings. The van der Waals surface area contributed by atoms with Crippen LogP contribution in [0.15, 0.2) is 42.5 Å². The van der Waals surface area contributed by atoms with Crippen molar-refractivity contribution >= 4 is 44.1 Å². The van der Waals surface area contributed by atoms with Gasteiger partial charge in [0, 0.05) is 10.9 Å². The van der Waals surface area contributed by atoms with E-state index in [2.05, 4.69) is 15.9 Å². The first-order valence-corrected chi connectivity index (χ1v) is 11.1. The Morgan fingerprint density at radius 2 is 1.75 bits per heavy atom. The molecule has 0 radical (unpaired) electrons. The maximum atomic E-state index is 13.3. The number of carbonyl (C=O) groups excluding carboxylic acids is 1. The van der Waals surface area contributed by atoms with Crippen molar-refractivity contribution in [2.45, 2.75) is 31.6 Å². The minimum absolute atomic E-state index is 0.0469. The summed E-state index contributed by atoms with van der Waals surface area (Å²) < 4.78 is 39.5. The molecule has 4 nitrogen and oxygen atoms in total. The fourth-order valence-corrected chi connectivity index (χ4v) is 4.47. The monoisotopic (exact) mass is 466 g/mol. The summed E-state index contributed by atoms with van der Waals surface area (Å²) in [6.07, 6.45) is 0.675. The van der Waals surface area contributed by atoms with Gasteiger partial charge < -0.3 is 9.29 Å². The molecular formula is C21H20BrFO4S. The second kappa shape index (κ2) is 8.27. The summed E-state index contributed by atoms with van der Waals surface area (Å²) in [7, 11) is 0. The van der Waals surface area contributed by atoms with Crippen LogP contribution in [0.25, 0.3) is 11.1 Å². The maximum absolute atomic E-state index is 13.3. The van der Waals surface area contributed by atoms with Crippen LogP contribution < -0.4 is 0 Å². The molecule has 7 heteroatoms. The highest BCUT2D eigenvalue weighted by molar-refractivity contribution is 9.09. The van der Waals surface area contributed by atoms with Crippen molar-refractivity contribution in [1.82, 2.24) is 0 Å². The van der Waals surface area contributed by atoms with Gasteiger partial charge in [-0.25, -0.2) is 13.4 Å². The number of aryl methyl sites for hydroxylation is 1. The lowest BCUT2D eigenvalue weighted by atomic mass is 9.85. The highest BCUT2D eigenvalue weighted by Gasteiger charge is 2.41. The van der Waals surface area contributed by atoms with Crippen molar-refractivity contribution in [1.29, 1.82) is 0 Å². The lowest BCUT2D eigenvalue weighted by Gasteiger charge is -2.22. The molecule has 1 atom stereocenters. The third-order valence-corrected chi connectivity index (χ3v) is 5.63. The fraction of sp³-hybridized carbons (Fsp3) is 0.286. The number of carbonyl (C=O) groups is 1. The molecule has 0 aromatic heterocycles. The van der Waals surface area contributed by atoms with Gasteiger partial charge in [0.2, 0.25) is 0 Å². The SMILES string of the molecule is CC1(C)OC(=O)C(c2ccc(F)cc2)=C1c1ccc(CS(=O)O)c(CCBr)c1. The Morgan fingerprint density at radius 3 is 2.36 bits per heavy atom. The van der Waals surface area contributed by atoms with Gasteiger partial charge in [0.15, 0.2) is 11.1 Å². The van der Waals surface area contributed by atoms with Crippen molar-refractivity contribution in [3.8, 4) is 0 Å². The summed E-state index contributed by atoms with van der Waals surface area (Å²) in [5, 5.41) is 0.699. The standard InChI is InChI=1S/C21H20BrFO4S/c1-21(2)19(18(20(24)27-21)13-5-7-17(23)8-6-13)15-3-4-16(12-28(25)26)14(11-15)9-10-22/h3-8,11H,9-10,12H2,1-2H3,(H,25,26). The number of esters is 1. The summed E-state index contributed by atoms with van der Waals surface area (Å²) in [6.45, 7) is 3.63. The van der Waals surface area contributed by atoms with E-state index in [4.69, 9.17) is 4.74 Å². The van der Waals surface area contributed by atoms with Gasteiger partial charge >= 0.3 is 5.97 Å². The van der Waals surface area contributed by atoms with Crippen molar-refractivity contribution in [3.05, 3.63) is 70.5 Å². The summed E-state index contributed by atoms with van der Waals surface area (Å²) >= 11 is 1.48. The minimum atomic E-state index is -1.94. The lowest BCUT2D eigenvalue weighted by molar-refractivity contribution is -0.141. The Bertz CT molecular complexity index is 967. The Labute approximate surface area is 174 Å². The molecular weight excluding hydrogens is 447 g/mol. The van der Waals surface area contributed by atoms with Gasteiger partial charge in [-0.15, -0.1) is 0 Å².